The van der Waals surface area contributed by atoms with Crippen LogP contribution in [0.3, 0.4) is 0 Å². The molecule has 6 fully saturated rings. The molecule has 0 spiro atoms. The maximum Gasteiger partial charge on any atom is 0.407 e. The Balaban J connectivity index is 1.02. The van der Waals surface area contributed by atoms with Crippen molar-refractivity contribution >= 4 is 41.6 Å². The molecule has 6 aliphatic rings. The van der Waals surface area contributed by atoms with E-state index in [0.29, 0.717) is 6.42 Å². The van der Waals surface area contributed by atoms with E-state index in [2.05, 4.69) is 36.6 Å². The van der Waals surface area contributed by atoms with E-state index in [-0.39, 0.29) is 144 Å². The highest BCUT2D eigenvalue weighted by Crippen LogP contribution is 2.44. The molecule has 0 aromatic carbocycles. The Kier molecular flexibility index (Phi) is 26.0. The quantitative estimate of drug-likeness (QED) is 0.0442. The molecule has 0 saturated carbocycles. The highest BCUT2D eigenvalue weighted by Gasteiger charge is 2.58. The van der Waals surface area contributed by atoms with Crippen LogP contribution in [0.2, 0.25) is 0 Å². The van der Waals surface area contributed by atoms with Gasteiger partial charge in [0.25, 0.3) is 0 Å². The topological polar surface area (TPSA) is 321 Å². The van der Waals surface area contributed by atoms with Gasteiger partial charge < -0.3 is 98.2 Å². The first kappa shape index (κ1) is 71.7. The van der Waals surface area contributed by atoms with Gasteiger partial charge in [-0.05, 0) is 101 Å². The number of hydrogen-bond donors (Lipinski definition) is 6. The molecule has 87 heavy (non-hydrogen) atoms. The molecule has 6 rings (SSSR count). The first-order valence-electron chi connectivity index (χ1n) is 30.9. The van der Waals surface area contributed by atoms with Gasteiger partial charge in [-0.1, -0.05) is 20.8 Å². The lowest BCUT2D eigenvalue weighted by molar-refractivity contribution is -0.244. The molecule has 6 heterocycles. The highest BCUT2D eigenvalue weighted by atomic mass is 16.8. The van der Waals surface area contributed by atoms with Crippen LogP contribution >= 0.6 is 0 Å². The molecule has 3 unspecified atom stereocenters. The van der Waals surface area contributed by atoms with Gasteiger partial charge in [-0.15, -0.1) is 0 Å². The first-order chi connectivity index (χ1) is 40.9. The molecule has 6 N–H and O–H groups in total. The maximum atomic E-state index is 13.8. The Morgan fingerprint density at radius 3 is 1.05 bits per heavy atom. The normalized spacial score (nSPS) is 32.2. The SMILES string of the molecule is COC(=O)CCCNC(=O)CC[C@H](NC(=O)CCCNC(=O)CC[C@H](NC(=O)CCCNC(=O)CC[C@H](NC(=O)OC(C)(C)C)C1O[C@@H]2OC(C)(C)O[C@@H]2[C@@H](OC)[C@@H]1C)C1O[C@@H]2OC(C)(C)O[C@@H]2[C@@H](OC)[C@@H]1C)C1O[C@@H]2OC(C)(C)O[C@@H]2[C@@H](OC)[C@@H]1C. The third kappa shape index (κ3) is 20.6. The summed E-state index contributed by atoms with van der Waals surface area (Å²) in [5.74, 6) is -5.62. The van der Waals surface area contributed by atoms with Gasteiger partial charge in [0.15, 0.2) is 36.2 Å². The van der Waals surface area contributed by atoms with Gasteiger partial charge in [-0.25, -0.2) is 4.79 Å². The summed E-state index contributed by atoms with van der Waals surface area (Å²) in [6.07, 6.45) is -6.03. The van der Waals surface area contributed by atoms with Crippen molar-refractivity contribution in [1.82, 2.24) is 31.9 Å². The Bertz CT molecular complexity index is 2300. The van der Waals surface area contributed by atoms with Crippen LogP contribution in [0.4, 0.5) is 4.79 Å². The van der Waals surface area contributed by atoms with Crippen LogP contribution in [0.25, 0.3) is 0 Å². The second-order valence-corrected chi connectivity index (χ2v) is 26.0. The summed E-state index contributed by atoms with van der Waals surface area (Å²) in [7, 11) is 6.05. The third-order valence-electron chi connectivity index (χ3n) is 16.6. The minimum atomic E-state index is -0.964. The predicted molar refractivity (Wildman–Crippen MR) is 309 cm³/mol. The number of carbonyl (C=O) groups excluding carboxylic acids is 7. The van der Waals surface area contributed by atoms with Gasteiger partial charge in [0.05, 0.1) is 61.9 Å². The average Bonchev–Trinajstić information content (AvgIpc) is 1.74. The summed E-state index contributed by atoms with van der Waals surface area (Å²) in [6.45, 7) is 22.4. The smallest absolute Gasteiger partial charge is 0.407 e. The standard InChI is InChI=1S/C60H102N6O21/c1-32-44(78-53-50(47(32)75-14)81-58(7,8)84-53)35(64-42(71)21-18-30-62-40(69)28-25-37(66-56(73)87-57(4,5)6)46-34(3)49(77-16)52-55(80-46)86-60(11,12)83-52)23-26-38(67)61-29-17-20-41(70)65-36(24-27-39(68)63-31-19-22-43(72)74-13)45-33(2)48(76-15)51-54(79-45)85-59(9,10)82-51/h32-37,44-55H,17-31H2,1-16H3,(H,61,67)(H,62,69)(H,63,68)(H,64,71)(H,65,70)(H,66,73)/t32-,33-,34-,35+,36+,37+,44?,45?,46?,47+,48+,49+,50-,51-,52-,53-,54-,55-/m1/s1. The van der Waals surface area contributed by atoms with Gasteiger partial charge in [0, 0.05) is 97.2 Å². The van der Waals surface area contributed by atoms with E-state index in [1.165, 1.54) is 7.11 Å². The number of alkyl carbamates (subject to hydrolysis) is 1. The van der Waals surface area contributed by atoms with E-state index in [0.717, 1.165) is 0 Å². The Morgan fingerprint density at radius 1 is 0.437 bits per heavy atom. The van der Waals surface area contributed by atoms with Crippen molar-refractivity contribution in [3.8, 4) is 0 Å². The van der Waals surface area contributed by atoms with E-state index in [4.69, 9.17) is 61.6 Å². The zero-order chi connectivity index (χ0) is 64.2. The number of amides is 6. The summed E-state index contributed by atoms with van der Waals surface area (Å²) >= 11 is 0. The molecule has 27 nitrogen and oxygen atoms in total. The van der Waals surface area contributed by atoms with Gasteiger partial charge >= 0.3 is 12.1 Å². The first-order valence-corrected chi connectivity index (χ1v) is 30.9. The zero-order valence-electron chi connectivity index (χ0n) is 54.1. The van der Waals surface area contributed by atoms with E-state index in [1.807, 2.05) is 20.8 Å². The second kappa shape index (κ2) is 31.6. The fourth-order valence-electron chi connectivity index (χ4n) is 12.6. The summed E-state index contributed by atoms with van der Waals surface area (Å²) in [5, 5.41) is 17.8. The molecule has 0 bridgehead atoms. The summed E-state index contributed by atoms with van der Waals surface area (Å²) < 4.78 is 84.1. The fourth-order valence-corrected chi connectivity index (χ4v) is 12.6. The van der Waals surface area contributed by atoms with Gasteiger partial charge in [-0.3, -0.25) is 28.8 Å². The zero-order valence-corrected chi connectivity index (χ0v) is 54.1. The Labute approximate surface area is 512 Å². The van der Waals surface area contributed by atoms with Crippen molar-refractivity contribution in [1.29, 1.82) is 0 Å². The second-order valence-electron chi connectivity index (χ2n) is 26.0. The lowest BCUT2D eigenvalue weighted by atomic mass is 9.85. The van der Waals surface area contributed by atoms with Crippen LogP contribution in [-0.4, -0.2) is 205 Å². The number of carbonyl (C=O) groups is 7. The average molecular weight is 1240 g/mol. The van der Waals surface area contributed by atoms with E-state index >= 15 is 0 Å². The van der Waals surface area contributed by atoms with Gasteiger partial charge in [-0.2, -0.15) is 0 Å². The van der Waals surface area contributed by atoms with Crippen LogP contribution < -0.4 is 31.9 Å². The van der Waals surface area contributed by atoms with Crippen molar-refractivity contribution in [2.24, 2.45) is 17.8 Å². The van der Waals surface area contributed by atoms with Crippen LogP contribution in [0, 0.1) is 17.8 Å². The maximum absolute atomic E-state index is 13.8. The fraction of sp³-hybridized carbons (Fsp3) is 0.883. The lowest BCUT2D eigenvalue weighted by Crippen LogP contribution is -2.59. The molecule has 6 saturated heterocycles. The molecule has 6 amide bonds. The van der Waals surface area contributed by atoms with Crippen molar-refractivity contribution < 1.29 is 99.9 Å². The lowest BCUT2D eigenvalue weighted by Gasteiger charge is -2.44. The molecule has 0 aromatic heterocycles. The van der Waals surface area contributed by atoms with Crippen LogP contribution in [0.1, 0.15) is 160 Å². The van der Waals surface area contributed by atoms with E-state index in [9.17, 15) is 33.6 Å². The third-order valence-corrected chi connectivity index (χ3v) is 16.6. The molecule has 18 atom stereocenters. The van der Waals surface area contributed by atoms with Gasteiger partial charge in [0.1, 0.15) is 23.9 Å². The predicted octanol–water partition coefficient (Wildman–Crippen LogP) is 3.63. The van der Waals surface area contributed by atoms with Crippen molar-refractivity contribution in [3.05, 3.63) is 0 Å². The molecular weight excluding hydrogens is 1140 g/mol. The minimum Gasteiger partial charge on any atom is -0.469 e. The van der Waals surface area contributed by atoms with Crippen molar-refractivity contribution in [3.63, 3.8) is 0 Å². The summed E-state index contributed by atoms with van der Waals surface area (Å²) in [4.78, 5) is 92.3. The highest BCUT2D eigenvalue weighted by molar-refractivity contribution is 5.79. The molecule has 27 heteroatoms. The molecule has 0 aromatic rings. The van der Waals surface area contributed by atoms with Crippen LogP contribution in [0.15, 0.2) is 0 Å². The van der Waals surface area contributed by atoms with E-state index in [1.54, 1.807) is 83.6 Å². The van der Waals surface area contributed by atoms with Crippen molar-refractivity contribution in [2.75, 3.05) is 48.1 Å². The van der Waals surface area contributed by atoms with E-state index < -0.39 is 121 Å². The van der Waals surface area contributed by atoms with Crippen LogP contribution in [0.5, 0.6) is 0 Å². The number of hydrogen-bond acceptors (Lipinski definition) is 21. The molecule has 6 aliphatic heterocycles. The number of ether oxygens (including phenoxy) is 14. The molecular formula is C60H102N6O21. The van der Waals surface area contributed by atoms with Crippen molar-refractivity contribution in [2.45, 2.75) is 275 Å². The Hall–Kier alpha value is -4.39. The minimum absolute atomic E-state index is 0.00971. The summed E-state index contributed by atoms with van der Waals surface area (Å²) in [5.41, 5.74) is -0.780. The number of rotatable bonds is 30. The molecule has 498 valence electrons. The summed E-state index contributed by atoms with van der Waals surface area (Å²) in [6, 6.07) is -2.00. The van der Waals surface area contributed by atoms with Crippen LogP contribution in [-0.2, 0) is 95.1 Å². The number of fused-ring (bicyclic) bond motifs is 3. The Morgan fingerprint density at radius 2 is 0.747 bits per heavy atom. The largest absolute Gasteiger partial charge is 0.469 e. The molecule has 0 radical (unpaired) electrons. The number of methoxy groups -OCH3 is 4. The number of nitrogens with one attached hydrogen (secondary N) is 6. The number of esters is 1. The molecule has 0 aliphatic carbocycles. The monoisotopic (exact) mass is 1240 g/mol. The van der Waals surface area contributed by atoms with Gasteiger partial charge in [0.2, 0.25) is 29.5 Å².